The van der Waals surface area contributed by atoms with Crippen LogP contribution in [0.25, 0.3) is 10.9 Å². The molecular formula is C20H15N3O3. The average Bonchev–Trinajstić information content (AvgIpc) is 2.92. The smallest absolute Gasteiger partial charge is 0.262 e. The monoisotopic (exact) mass is 345 g/mol. The van der Waals surface area contributed by atoms with E-state index in [0.29, 0.717) is 16.9 Å². The van der Waals surface area contributed by atoms with Crippen molar-refractivity contribution in [2.75, 3.05) is 5.32 Å². The van der Waals surface area contributed by atoms with Gasteiger partial charge in [0.05, 0.1) is 16.6 Å². The molecule has 2 heterocycles. The number of hydrogen-bond donors (Lipinski definition) is 1. The molecule has 2 aromatic carbocycles. The van der Waals surface area contributed by atoms with Gasteiger partial charge in [0.25, 0.3) is 11.8 Å². The highest BCUT2D eigenvalue weighted by molar-refractivity contribution is 6.23. The van der Waals surface area contributed by atoms with Crippen LogP contribution in [0.1, 0.15) is 27.6 Å². The fourth-order valence-electron chi connectivity index (χ4n) is 3.04. The van der Waals surface area contributed by atoms with Crippen LogP contribution in [0.5, 0.6) is 0 Å². The third kappa shape index (κ3) is 2.52. The Labute approximate surface area is 149 Å². The van der Waals surface area contributed by atoms with Gasteiger partial charge in [0.15, 0.2) is 0 Å². The summed E-state index contributed by atoms with van der Waals surface area (Å²) in [4.78, 5) is 42.9. The highest BCUT2D eigenvalue weighted by Crippen LogP contribution is 2.25. The summed E-state index contributed by atoms with van der Waals surface area (Å²) >= 11 is 0. The van der Waals surface area contributed by atoms with Gasteiger partial charge in [-0.05, 0) is 37.3 Å². The van der Waals surface area contributed by atoms with Gasteiger partial charge in [0.2, 0.25) is 5.91 Å². The molecule has 1 atom stereocenters. The predicted octanol–water partition coefficient (Wildman–Crippen LogP) is 2.86. The van der Waals surface area contributed by atoms with Crippen molar-refractivity contribution in [3.63, 3.8) is 0 Å². The second-order valence-electron chi connectivity index (χ2n) is 6.08. The summed E-state index contributed by atoms with van der Waals surface area (Å²) in [7, 11) is 0. The number of carbonyl (C=O) groups is 3. The fourth-order valence-corrected chi connectivity index (χ4v) is 3.04. The van der Waals surface area contributed by atoms with Crippen molar-refractivity contribution in [2.24, 2.45) is 0 Å². The molecule has 128 valence electrons. The molecule has 1 aliphatic rings. The number of rotatable bonds is 3. The summed E-state index contributed by atoms with van der Waals surface area (Å²) in [5.74, 6) is -1.01. The highest BCUT2D eigenvalue weighted by atomic mass is 16.2. The number of nitrogens with one attached hydrogen (secondary N) is 1. The highest BCUT2D eigenvalue weighted by Gasteiger charge is 2.40. The zero-order chi connectivity index (χ0) is 18.3. The normalized spacial score (nSPS) is 14.4. The Hall–Kier alpha value is -3.54. The van der Waals surface area contributed by atoms with Gasteiger partial charge in [-0.15, -0.1) is 0 Å². The lowest BCUT2D eigenvalue weighted by Crippen LogP contribution is -2.45. The van der Waals surface area contributed by atoms with Gasteiger partial charge in [-0.1, -0.05) is 30.3 Å². The molecule has 4 rings (SSSR count). The largest absolute Gasteiger partial charge is 0.309 e. The first-order valence-electron chi connectivity index (χ1n) is 8.20. The van der Waals surface area contributed by atoms with Gasteiger partial charge in [0.1, 0.15) is 11.9 Å². The van der Waals surface area contributed by atoms with Crippen LogP contribution in [-0.2, 0) is 4.79 Å². The van der Waals surface area contributed by atoms with Crippen molar-refractivity contribution in [3.05, 3.63) is 71.8 Å². The number of pyridine rings is 1. The number of benzene rings is 2. The molecule has 0 saturated carbocycles. The third-order valence-corrected chi connectivity index (χ3v) is 4.44. The van der Waals surface area contributed by atoms with Gasteiger partial charge in [-0.25, -0.2) is 4.98 Å². The number of carbonyl (C=O) groups excluding carboxylic acids is 3. The zero-order valence-electron chi connectivity index (χ0n) is 14.0. The Morgan fingerprint density at radius 2 is 1.54 bits per heavy atom. The first-order chi connectivity index (χ1) is 12.6. The Bertz CT molecular complexity index is 1030. The van der Waals surface area contributed by atoms with E-state index in [9.17, 15) is 14.4 Å². The average molecular weight is 345 g/mol. The van der Waals surface area contributed by atoms with Crippen LogP contribution >= 0.6 is 0 Å². The number of aromatic nitrogens is 1. The fraction of sp³-hybridized carbons (Fsp3) is 0.100. The molecule has 3 amide bonds. The molecule has 0 aliphatic carbocycles. The molecule has 1 aliphatic heterocycles. The molecular weight excluding hydrogens is 330 g/mol. The Kier molecular flexibility index (Phi) is 3.73. The van der Waals surface area contributed by atoms with Gasteiger partial charge in [0, 0.05) is 5.39 Å². The topological polar surface area (TPSA) is 79.4 Å². The Balaban J connectivity index is 1.56. The van der Waals surface area contributed by atoms with E-state index in [4.69, 9.17) is 0 Å². The molecule has 0 fully saturated rings. The molecule has 1 N–H and O–H groups in total. The van der Waals surface area contributed by atoms with Crippen molar-refractivity contribution >= 4 is 34.4 Å². The molecule has 6 nitrogen and oxygen atoms in total. The summed E-state index contributed by atoms with van der Waals surface area (Å²) in [5, 5.41) is 3.64. The number of amides is 3. The van der Waals surface area contributed by atoms with Gasteiger partial charge >= 0.3 is 0 Å². The van der Waals surface area contributed by atoms with E-state index < -0.39 is 23.8 Å². The number of nitrogens with zero attached hydrogens (tertiary/aromatic N) is 2. The van der Waals surface area contributed by atoms with Gasteiger partial charge in [-0.3, -0.25) is 19.3 Å². The summed E-state index contributed by atoms with van der Waals surface area (Å²) in [6, 6.07) is 16.7. The van der Waals surface area contributed by atoms with E-state index in [-0.39, 0.29) is 0 Å². The maximum absolute atomic E-state index is 12.6. The van der Waals surface area contributed by atoms with Crippen molar-refractivity contribution in [2.45, 2.75) is 13.0 Å². The van der Waals surface area contributed by atoms with E-state index in [0.717, 1.165) is 15.8 Å². The van der Waals surface area contributed by atoms with Crippen molar-refractivity contribution in [1.82, 2.24) is 9.88 Å². The quantitative estimate of drug-likeness (QED) is 0.740. The SMILES string of the molecule is C[C@@H](C(=O)Nc1ccc2ccccc2n1)N1C(=O)c2ccccc2C1=O. The van der Waals surface area contributed by atoms with E-state index in [2.05, 4.69) is 10.3 Å². The second kappa shape index (κ2) is 6.07. The van der Waals surface area contributed by atoms with Crippen molar-refractivity contribution in [1.29, 1.82) is 0 Å². The standard InChI is InChI=1S/C20H15N3O3/c1-12(23-19(25)14-7-3-4-8-15(14)20(23)26)18(24)22-17-11-10-13-6-2-5-9-16(13)21-17/h2-12H,1H3,(H,21,22,24)/t12-/m0/s1. The molecule has 26 heavy (non-hydrogen) atoms. The lowest BCUT2D eigenvalue weighted by atomic mass is 10.1. The van der Waals surface area contributed by atoms with Crippen LogP contribution in [0.4, 0.5) is 5.82 Å². The summed E-state index contributed by atoms with van der Waals surface area (Å²) in [6.07, 6.45) is 0. The van der Waals surface area contributed by atoms with E-state index in [1.54, 1.807) is 30.3 Å². The molecule has 0 unspecified atom stereocenters. The summed E-state index contributed by atoms with van der Waals surface area (Å²) in [6.45, 7) is 1.53. The lowest BCUT2D eigenvalue weighted by Gasteiger charge is -2.21. The van der Waals surface area contributed by atoms with Crippen LogP contribution in [0.15, 0.2) is 60.7 Å². The number of hydrogen-bond acceptors (Lipinski definition) is 4. The number of para-hydroxylation sites is 1. The maximum Gasteiger partial charge on any atom is 0.262 e. The Morgan fingerprint density at radius 3 is 2.23 bits per heavy atom. The summed E-state index contributed by atoms with van der Waals surface area (Å²) < 4.78 is 0. The maximum atomic E-state index is 12.6. The van der Waals surface area contributed by atoms with E-state index in [1.807, 2.05) is 30.3 Å². The predicted molar refractivity (Wildman–Crippen MR) is 96.8 cm³/mol. The van der Waals surface area contributed by atoms with Crippen LogP contribution in [0.3, 0.4) is 0 Å². The molecule has 0 bridgehead atoms. The second-order valence-corrected chi connectivity index (χ2v) is 6.08. The van der Waals surface area contributed by atoms with Crippen molar-refractivity contribution < 1.29 is 14.4 Å². The molecule has 0 spiro atoms. The van der Waals surface area contributed by atoms with Crippen LogP contribution in [0.2, 0.25) is 0 Å². The minimum absolute atomic E-state index is 0.320. The number of fused-ring (bicyclic) bond motifs is 2. The van der Waals surface area contributed by atoms with E-state index >= 15 is 0 Å². The first-order valence-corrected chi connectivity index (χ1v) is 8.20. The summed E-state index contributed by atoms with van der Waals surface area (Å²) in [5.41, 5.74) is 1.39. The lowest BCUT2D eigenvalue weighted by molar-refractivity contribution is -0.119. The first kappa shape index (κ1) is 16.0. The van der Waals surface area contributed by atoms with Gasteiger partial charge in [-0.2, -0.15) is 0 Å². The molecule has 6 heteroatoms. The van der Waals surface area contributed by atoms with Crippen molar-refractivity contribution in [3.8, 4) is 0 Å². The molecule has 3 aromatic rings. The minimum atomic E-state index is -0.948. The zero-order valence-corrected chi connectivity index (χ0v) is 14.0. The van der Waals surface area contributed by atoms with E-state index in [1.165, 1.54) is 6.92 Å². The van der Waals surface area contributed by atoms with Gasteiger partial charge < -0.3 is 5.32 Å². The van der Waals surface area contributed by atoms with Crippen LogP contribution in [0, 0.1) is 0 Å². The number of imide groups is 1. The molecule has 0 radical (unpaired) electrons. The molecule has 1 aromatic heterocycles. The van der Waals surface area contributed by atoms with Crippen LogP contribution in [-0.4, -0.2) is 33.6 Å². The van der Waals surface area contributed by atoms with Crippen LogP contribution < -0.4 is 5.32 Å². The minimum Gasteiger partial charge on any atom is -0.309 e. The molecule has 0 saturated heterocycles. The third-order valence-electron chi connectivity index (χ3n) is 4.44. The Morgan fingerprint density at radius 1 is 0.923 bits per heavy atom. The number of anilines is 1.